The van der Waals surface area contributed by atoms with Crippen molar-refractivity contribution in [1.29, 1.82) is 0 Å². The summed E-state index contributed by atoms with van der Waals surface area (Å²) in [6.07, 6.45) is 0. The Labute approximate surface area is 159 Å². The largest absolute Gasteiger partial charge is 0.490 e. The van der Waals surface area contributed by atoms with Gasteiger partial charge in [0.05, 0.1) is 19.3 Å². The number of anilines is 1. The summed E-state index contributed by atoms with van der Waals surface area (Å²) in [5.74, 6) is 1.49. The first-order chi connectivity index (χ1) is 12.0. The van der Waals surface area contributed by atoms with Gasteiger partial charge in [-0.3, -0.25) is 0 Å². The van der Waals surface area contributed by atoms with Gasteiger partial charge in [-0.05, 0) is 75.0 Å². The highest BCUT2D eigenvalue weighted by Crippen LogP contribution is 2.30. The molecule has 25 heavy (non-hydrogen) atoms. The molecule has 0 bridgehead atoms. The van der Waals surface area contributed by atoms with Crippen LogP contribution in [0.3, 0.4) is 0 Å². The normalized spacial score (nSPS) is 11.5. The van der Waals surface area contributed by atoms with E-state index in [4.69, 9.17) is 33.3 Å². The molecule has 0 aliphatic carbocycles. The molecule has 2 N–H and O–H groups in total. The molecular weight excluding hydrogens is 356 g/mol. The van der Waals surface area contributed by atoms with Crippen LogP contribution >= 0.6 is 23.8 Å². The average Bonchev–Trinajstić information content (AvgIpc) is 2.59. The lowest BCUT2D eigenvalue weighted by Gasteiger charge is -2.19. The Kier molecular flexibility index (Phi) is 7.34. The predicted molar refractivity (Wildman–Crippen MR) is 108 cm³/mol. The molecule has 0 saturated carbocycles. The van der Waals surface area contributed by atoms with Crippen LogP contribution in [0.5, 0.6) is 11.5 Å². The van der Waals surface area contributed by atoms with Gasteiger partial charge < -0.3 is 20.1 Å². The first kappa shape index (κ1) is 19.3. The number of thiocarbonyl (C=S) groups is 1. The van der Waals surface area contributed by atoms with E-state index in [0.717, 1.165) is 22.7 Å². The second-order valence-electron chi connectivity index (χ2n) is 5.40. The van der Waals surface area contributed by atoms with E-state index in [9.17, 15) is 0 Å². The molecule has 0 fully saturated rings. The van der Waals surface area contributed by atoms with E-state index in [1.54, 1.807) is 0 Å². The van der Waals surface area contributed by atoms with Crippen LogP contribution in [-0.2, 0) is 0 Å². The molecule has 0 spiro atoms. The van der Waals surface area contributed by atoms with Gasteiger partial charge in [0.1, 0.15) is 0 Å². The first-order valence-corrected chi connectivity index (χ1v) is 9.04. The third-order valence-electron chi connectivity index (χ3n) is 3.52. The van der Waals surface area contributed by atoms with Crippen molar-refractivity contribution in [3.63, 3.8) is 0 Å². The standard InChI is InChI=1S/C19H23ClN2O2S/c1-4-23-17-11-6-14(12-18(17)24-5-2)13(3)21-19(25)22-16-9-7-15(20)8-10-16/h6-13H,4-5H2,1-3H3,(H2,21,22,25). The van der Waals surface area contributed by atoms with Crippen molar-refractivity contribution in [2.45, 2.75) is 26.8 Å². The van der Waals surface area contributed by atoms with Gasteiger partial charge in [-0.15, -0.1) is 0 Å². The van der Waals surface area contributed by atoms with Gasteiger partial charge in [-0.25, -0.2) is 0 Å². The molecule has 0 aromatic heterocycles. The van der Waals surface area contributed by atoms with E-state index in [1.165, 1.54) is 0 Å². The Morgan fingerprint density at radius 3 is 2.32 bits per heavy atom. The third kappa shape index (κ3) is 5.80. The Hall–Kier alpha value is -1.98. The molecule has 1 unspecified atom stereocenters. The Morgan fingerprint density at radius 2 is 1.68 bits per heavy atom. The summed E-state index contributed by atoms with van der Waals surface area (Å²) in [7, 11) is 0. The molecule has 2 aromatic rings. The fraction of sp³-hybridized carbons (Fsp3) is 0.316. The zero-order chi connectivity index (χ0) is 18.2. The summed E-state index contributed by atoms with van der Waals surface area (Å²) in [6, 6.07) is 13.3. The topological polar surface area (TPSA) is 42.5 Å². The summed E-state index contributed by atoms with van der Waals surface area (Å²) in [5, 5.41) is 7.65. The molecule has 0 radical (unpaired) electrons. The van der Waals surface area contributed by atoms with Crippen molar-refractivity contribution in [1.82, 2.24) is 5.32 Å². The molecule has 0 amide bonds. The van der Waals surface area contributed by atoms with Gasteiger partial charge in [0.15, 0.2) is 16.6 Å². The maximum absolute atomic E-state index is 5.89. The molecule has 4 nitrogen and oxygen atoms in total. The van der Waals surface area contributed by atoms with Gasteiger partial charge in [-0.2, -0.15) is 0 Å². The van der Waals surface area contributed by atoms with Crippen molar-refractivity contribution in [3.8, 4) is 11.5 Å². The van der Waals surface area contributed by atoms with Crippen LogP contribution in [0.1, 0.15) is 32.4 Å². The highest BCUT2D eigenvalue weighted by atomic mass is 35.5. The Morgan fingerprint density at radius 1 is 1.04 bits per heavy atom. The fourth-order valence-electron chi connectivity index (χ4n) is 2.32. The number of benzene rings is 2. The predicted octanol–water partition coefficient (Wildman–Crippen LogP) is 5.19. The number of hydrogen-bond acceptors (Lipinski definition) is 3. The van der Waals surface area contributed by atoms with Crippen LogP contribution in [0.15, 0.2) is 42.5 Å². The lowest BCUT2D eigenvalue weighted by molar-refractivity contribution is 0.287. The molecule has 134 valence electrons. The van der Waals surface area contributed by atoms with E-state index in [2.05, 4.69) is 10.6 Å². The molecule has 0 heterocycles. The van der Waals surface area contributed by atoms with Crippen LogP contribution in [0.2, 0.25) is 5.02 Å². The molecule has 0 aliphatic rings. The van der Waals surface area contributed by atoms with Crippen LogP contribution in [0, 0.1) is 0 Å². The minimum Gasteiger partial charge on any atom is -0.490 e. The molecule has 0 saturated heterocycles. The monoisotopic (exact) mass is 378 g/mol. The van der Waals surface area contributed by atoms with Gasteiger partial charge in [0.2, 0.25) is 0 Å². The zero-order valence-corrected chi connectivity index (χ0v) is 16.2. The average molecular weight is 379 g/mol. The second kappa shape index (κ2) is 9.49. The summed E-state index contributed by atoms with van der Waals surface area (Å²) in [6.45, 7) is 7.13. The third-order valence-corrected chi connectivity index (χ3v) is 3.99. The van der Waals surface area contributed by atoms with Crippen molar-refractivity contribution >= 4 is 34.6 Å². The van der Waals surface area contributed by atoms with Gasteiger partial charge >= 0.3 is 0 Å². The zero-order valence-electron chi connectivity index (χ0n) is 14.6. The van der Waals surface area contributed by atoms with Gasteiger partial charge in [0, 0.05) is 10.7 Å². The minimum atomic E-state index is 0.0159. The van der Waals surface area contributed by atoms with Crippen LogP contribution in [0.4, 0.5) is 5.69 Å². The Balaban J connectivity index is 2.03. The molecular formula is C19H23ClN2O2S. The molecule has 6 heteroatoms. The maximum atomic E-state index is 5.89. The van der Waals surface area contributed by atoms with Gasteiger partial charge in [-0.1, -0.05) is 17.7 Å². The van der Waals surface area contributed by atoms with Crippen LogP contribution in [0.25, 0.3) is 0 Å². The number of halogens is 1. The quantitative estimate of drug-likeness (QED) is 0.649. The number of ether oxygens (including phenoxy) is 2. The fourth-order valence-corrected chi connectivity index (χ4v) is 2.74. The van der Waals surface area contributed by atoms with Crippen molar-refractivity contribution in [2.24, 2.45) is 0 Å². The second-order valence-corrected chi connectivity index (χ2v) is 6.24. The Bertz CT molecular complexity index is 707. The number of nitrogens with one attached hydrogen (secondary N) is 2. The first-order valence-electron chi connectivity index (χ1n) is 8.26. The number of hydrogen-bond donors (Lipinski definition) is 2. The van der Waals surface area contributed by atoms with Crippen molar-refractivity contribution in [3.05, 3.63) is 53.1 Å². The molecule has 2 rings (SSSR count). The summed E-state index contributed by atoms with van der Waals surface area (Å²) < 4.78 is 11.3. The summed E-state index contributed by atoms with van der Waals surface area (Å²) in [4.78, 5) is 0. The van der Waals surface area contributed by atoms with E-state index >= 15 is 0 Å². The lowest BCUT2D eigenvalue weighted by atomic mass is 10.1. The molecule has 0 aliphatic heterocycles. The lowest BCUT2D eigenvalue weighted by Crippen LogP contribution is -2.30. The molecule has 1 atom stereocenters. The highest BCUT2D eigenvalue weighted by Gasteiger charge is 2.12. The summed E-state index contributed by atoms with van der Waals surface area (Å²) in [5.41, 5.74) is 1.95. The summed E-state index contributed by atoms with van der Waals surface area (Å²) >= 11 is 11.3. The van der Waals surface area contributed by atoms with Crippen molar-refractivity contribution < 1.29 is 9.47 Å². The van der Waals surface area contributed by atoms with Crippen LogP contribution in [-0.4, -0.2) is 18.3 Å². The smallest absolute Gasteiger partial charge is 0.171 e. The number of rotatable bonds is 7. The highest BCUT2D eigenvalue weighted by molar-refractivity contribution is 7.80. The van der Waals surface area contributed by atoms with E-state index in [-0.39, 0.29) is 6.04 Å². The van der Waals surface area contributed by atoms with Gasteiger partial charge in [0.25, 0.3) is 0 Å². The van der Waals surface area contributed by atoms with Crippen LogP contribution < -0.4 is 20.1 Å². The maximum Gasteiger partial charge on any atom is 0.171 e. The van der Waals surface area contributed by atoms with E-state index < -0.39 is 0 Å². The van der Waals surface area contributed by atoms with E-state index in [0.29, 0.717) is 23.3 Å². The van der Waals surface area contributed by atoms with E-state index in [1.807, 2.05) is 63.2 Å². The SMILES string of the molecule is CCOc1ccc(C(C)NC(=S)Nc2ccc(Cl)cc2)cc1OCC. The van der Waals surface area contributed by atoms with Crippen molar-refractivity contribution in [2.75, 3.05) is 18.5 Å². The molecule has 2 aromatic carbocycles. The minimum absolute atomic E-state index is 0.0159.